The van der Waals surface area contributed by atoms with Gasteiger partial charge in [0.05, 0.1) is 24.0 Å². The molecule has 2 aliphatic heterocycles. The normalized spacial score (nSPS) is 45.6. The molecule has 4 rings (SSSR count). The Bertz CT molecular complexity index is 553. The van der Waals surface area contributed by atoms with Gasteiger partial charge in [0.25, 0.3) is 0 Å². The molecule has 0 spiro atoms. The fourth-order valence-electron chi connectivity index (χ4n) is 5.41. The van der Waals surface area contributed by atoms with Crippen LogP contribution in [0.15, 0.2) is 0 Å². The van der Waals surface area contributed by atoms with Crippen molar-refractivity contribution in [1.29, 1.82) is 0 Å². The highest BCUT2D eigenvalue weighted by Crippen LogP contribution is 2.53. The molecule has 0 N–H and O–H groups in total. The number of Topliss-reactive ketones (excluding diaryl/α,β-unsaturated/α-hetero) is 2. The molecule has 6 heteroatoms. The number of hydrogen-bond acceptors (Lipinski definition) is 6. The van der Waals surface area contributed by atoms with Crippen LogP contribution >= 0.6 is 0 Å². The fraction of sp³-hybridized carbons (Fsp3) is 0.900. The monoisotopic (exact) mass is 366 g/mol. The molecule has 0 aromatic carbocycles. The van der Waals surface area contributed by atoms with E-state index >= 15 is 0 Å². The molecule has 26 heavy (non-hydrogen) atoms. The van der Waals surface area contributed by atoms with E-state index in [2.05, 4.69) is 0 Å². The minimum absolute atomic E-state index is 0.136. The molecule has 0 aromatic rings. The molecule has 4 fully saturated rings. The Morgan fingerprint density at radius 1 is 0.731 bits per heavy atom. The van der Waals surface area contributed by atoms with Gasteiger partial charge in [-0.05, 0) is 39.5 Å². The third-order valence-corrected chi connectivity index (χ3v) is 7.40. The van der Waals surface area contributed by atoms with E-state index in [4.69, 9.17) is 18.9 Å². The highest BCUT2D eigenvalue weighted by atomic mass is 16.7. The van der Waals surface area contributed by atoms with E-state index in [-0.39, 0.29) is 24.8 Å². The zero-order valence-electron chi connectivity index (χ0n) is 15.9. The molecule has 4 atom stereocenters. The number of ether oxygens (including phenoxy) is 4. The summed E-state index contributed by atoms with van der Waals surface area (Å²) in [7, 11) is 0. The first-order chi connectivity index (χ1) is 12.4. The van der Waals surface area contributed by atoms with E-state index in [0.717, 1.165) is 51.4 Å². The van der Waals surface area contributed by atoms with Crippen LogP contribution in [-0.2, 0) is 28.5 Å². The summed E-state index contributed by atoms with van der Waals surface area (Å²) < 4.78 is 24.0. The van der Waals surface area contributed by atoms with Crippen LogP contribution in [0, 0.1) is 10.8 Å². The average molecular weight is 366 g/mol. The first kappa shape index (κ1) is 18.5. The zero-order chi connectivity index (χ0) is 18.5. The van der Waals surface area contributed by atoms with E-state index in [1.165, 1.54) is 0 Å². The fourth-order valence-corrected chi connectivity index (χ4v) is 5.41. The van der Waals surface area contributed by atoms with Crippen molar-refractivity contribution in [3.63, 3.8) is 0 Å². The molecule has 0 bridgehead atoms. The lowest BCUT2D eigenvalue weighted by atomic mass is 9.69. The molecule has 0 radical (unpaired) electrons. The second-order valence-electron chi connectivity index (χ2n) is 8.70. The van der Waals surface area contributed by atoms with Gasteiger partial charge in [0.15, 0.2) is 23.1 Å². The zero-order valence-corrected chi connectivity index (χ0v) is 15.9. The molecule has 0 unspecified atom stereocenters. The maximum absolute atomic E-state index is 12.3. The third-order valence-electron chi connectivity index (χ3n) is 7.40. The van der Waals surface area contributed by atoms with Crippen molar-refractivity contribution in [3.05, 3.63) is 0 Å². The standard InChI is InChI=1S/C20H30O6/c1-17-7-3-5-9-19(17,25-13-15(17)21)23-11-12-24-20-10-6-4-8-18(20,2)16(22)14-26-20/h3-14H2,1-2H3/t17-,18-,19-,20-/m0/s1. The van der Waals surface area contributed by atoms with Gasteiger partial charge in [-0.1, -0.05) is 12.8 Å². The first-order valence-corrected chi connectivity index (χ1v) is 10.0. The van der Waals surface area contributed by atoms with Gasteiger partial charge < -0.3 is 18.9 Å². The quantitative estimate of drug-likeness (QED) is 0.697. The molecular weight excluding hydrogens is 336 g/mol. The summed E-state index contributed by atoms with van der Waals surface area (Å²) in [5, 5.41) is 0. The topological polar surface area (TPSA) is 71.1 Å². The van der Waals surface area contributed by atoms with Gasteiger partial charge in [0.2, 0.25) is 0 Å². The number of carbonyl (C=O) groups is 2. The van der Waals surface area contributed by atoms with Crippen molar-refractivity contribution in [2.45, 2.75) is 76.8 Å². The summed E-state index contributed by atoms with van der Waals surface area (Å²) in [5.74, 6) is -1.35. The van der Waals surface area contributed by atoms with E-state index in [1.807, 2.05) is 13.8 Å². The molecule has 2 heterocycles. The van der Waals surface area contributed by atoms with E-state index in [1.54, 1.807) is 0 Å². The smallest absolute Gasteiger partial charge is 0.181 e. The SMILES string of the molecule is C[C@@]12CCCC[C@]1(OCCO[C@]13CCCC[C@@]1(C)C(=O)CO3)OCC2=O. The maximum Gasteiger partial charge on any atom is 0.181 e. The maximum atomic E-state index is 12.3. The third kappa shape index (κ3) is 2.45. The molecule has 4 aliphatic rings. The van der Waals surface area contributed by atoms with Crippen LogP contribution in [0.1, 0.15) is 65.2 Å². The summed E-state index contributed by atoms with van der Waals surface area (Å²) in [4.78, 5) is 24.7. The number of carbonyl (C=O) groups excluding carboxylic acids is 2. The molecule has 0 aromatic heterocycles. The number of ketones is 2. The largest absolute Gasteiger partial charge is 0.346 e. The Morgan fingerprint density at radius 3 is 1.54 bits per heavy atom. The van der Waals surface area contributed by atoms with Crippen LogP contribution < -0.4 is 0 Å². The summed E-state index contributed by atoms with van der Waals surface area (Å²) in [6.45, 7) is 4.88. The second-order valence-corrected chi connectivity index (χ2v) is 8.70. The van der Waals surface area contributed by atoms with Crippen molar-refractivity contribution in [1.82, 2.24) is 0 Å². The summed E-state index contributed by atoms with van der Waals surface area (Å²) in [6.07, 6.45) is 7.18. The molecule has 2 saturated heterocycles. The van der Waals surface area contributed by atoms with Crippen LogP contribution in [0.25, 0.3) is 0 Å². The van der Waals surface area contributed by atoms with Gasteiger partial charge >= 0.3 is 0 Å². The van der Waals surface area contributed by atoms with Crippen molar-refractivity contribution >= 4 is 11.6 Å². The molecule has 6 nitrogen and oxygen atoms in total. The van der Waals surface area contributed by atoms with Gasteiger partial charge in [0, 0.05) is 12.8 Å². The van der Waals surface area contributed by atoms with Crippen LogP contribution in [-0.4, -0.2) is 49.6 Å². The number of hydrogen-bond donors (Lipinski definition) is 0. The lowest BCUT2D eigenvalue weighted by Crippen LogP contribution is -2.53. The Morgan fingerprint density at radius 2 is 1.12 bits per heavy atom. The van der Waals surface area contributed by atoms with Crippen LogP contribution in [0.3, 0.4) is 0 Å². The lowest BCUT2D eigenvalue weighted by Gasteiger charge is -2.45. The van der Waals surface area contributed by atoms with Gasteiger partial charge in [0.1, 0.15) is 13.2 Å². The highest BCUT2D eigenvalue weighted by molar-refractivity contribution is 5.89. The molecule has 2 aliphatic carbocycles. The molecule has 146 valence electrons. The van der Waals surface area contributed by atoms with Crippen molar-refractivity contribution in [2.24, 2.45) is 10.8 Å². The minimum Gasteiger partial charge on any atom is -0.346 e. The average Bonchev–Trinajstić information content (AvgIpc) is 3.05. The summed E-state index contributed by atoms with van der Waals surface area (Å²) in [6, 6.07) is 0. The van der Waals surface area contributed by atoms with Gasteiger partial charge in [-0.15, -0.1) is 0 Å². The Hall–Kier alpha value is -0.820. The highest BCUT2D eigenvalue weighted by Gasteiger charge is 2.62. The second kappa shape index (κ2) is 6.36. The lowest BCUT2D eigenvalue weighted by molar-refractivity contribution is -0.299. The van der Waals surface area contributed by atoms with E-state index in [9.17, 15) is 9.59 Å². The summed E-state index contributed by atoms with van der Waals surface area (Å²) >= 11 is 0. The molecule has 2 saturated carbocycles. The number of rotatable bonds is 5. The Kier molecular flexibility index (Phi) is 4.54. The molecule has 0 amide bonds. The van der Waals surface area contributed by atoms with Crippen LogP contribution in [0.5, 0.6) is 0 Å². The predicted octanol–water partition coefficient (Wildman–Crippen LogP) is 2.77. The van der Waals surface area contributed by atoms with Gasteiger partial charge in [-0.25, -0.2) is 0 Å². The summed E-state index contributed by atoms with van der Waals surface area (Å²) in [5.41, 5.74) is -1.11. The van der Waals surface area contributed by atoms with Crippen molar-refractivity contribution in [3.8, 4) is 0 Å². The Labute approximate surface area is 154 Å². The van der Waals surface area contributed by atoms with Crippen LogP contribution in [0.2, 0.25) is 0 Å². The van der Waals surface area contributed by atoms with Crippen molar-refractivity contribution in [2.75, 3.05) is 26.4 Å². The van der Waals surface area contributed by atoms with E-state index in [0.29, 0.717) is 13.2 Å². The van der Waals surface area contributed by atoms with Crippen molar-refractivity contribution < 1.29 is 28.5 Å². The Balaban J connectivity index is 1.39. The van der Waals surface area contributed by atoms with E-state index < -0.39 is 22.4 Å². The first-order valence-electron chi connectivity index (χ1n) is 10.0. The van der Waals surface area contributed by atoms with Gasteiger partial charge in [-0.2, -0.15) is 0 Å². The van der Waals surface area contributed by atoms with Gasteiger partial charge in [-0.3, -0.25) is 9.59 Å². The number of fused-ring (bicyclic) bond motifs is 2. The van der Waals surface area contributed by atoms with Crippen LogP contribution in [0.4, 0.5) is 0 Å². The predicted molar refractivity (Wildman–Crippen MR) is 92.4 cm³/mol. The minimum atomic E-state index is -0.814. The molecular formula is C20H30O6.